The molecule has 0 saturated carbocycles. The van der Waals surface area contributed by atoms with E-state index in [9.17, 15) is 10.2 Å². The molecule has 0 aromatic carbocycles. The first kappa shape index (κ1) is 32.8. The fraction of sp³-hybridized carbons (Fsp3) is 1.00. The van der Waals surface area contributed by atoms with Gasteiger partial charge in [0.15, 0.2) is 0 Å². The summed E-state index contributed by atoms with van der Waals surface area (Å²) in [6, 6.07) is 0. The number of rotatable bonds is 26. The van der Waals surface area contributed by atoms with E-state index in [4.69, 9.17) is 0 Å². The van der Waals surface area contributed by atoms with Crippen molar-refractivity contribution in [1.29, 1.82) is 0 Å². The number of hydrogen-bond acceptors (Lipinski definition) is 4. The Bertz CT molecular complexity index is 347. The van der Waals surface area contributed by atoms with Gasteiger partial charge in [-0.25, -0.2) is 0 Å². The smallest absolute Gasteiger partial charge is 0.0639 e. The first-order valence-electron chi connectivity index (χ1n) is 14.8. The van der Waals surface area contributed by atoms with Crippen LogP contribution in [0, 0.1) is 0 Å². The molecule has 200 valence electrons. The van der Waals surface area contributed by atoms with Crippen molar-refractivity contribution in [2.45, 2.75) is 149 Å². The van der Waals surface area contributed by atoms with Gasteiger partial charge in [-0.2, -0.15) is 0 Å². The molecule has 0 heterocycles. The lowest BCUT2D eigenvalue weighted by molar-refractivity contribution is 0.0805. The highest BCUT2D eigenvalue weighted by atomic mass is 16.3. The molecule has 0 aromatic heterocycles. The van der Waals surface area contributed by atoms with Gasteiger partial charge in [-0.3, -0.25) is 4.90 Å². The van der Waals surface area contributed by atoms with Crippen molar-refractivity contribution in [3.63, 3.8) is 0 Å². The number of hydrogen-bond donors (Lipinski definition) is 2. The summed E-state index contributed by atoms with van der Waals surface area (Å²) in [4.78, 5) is 4.91. The van der Waals surface area contributed by atoms with Crippen LogP contribution in [0.2, 0.25) is 0 Å². The number of unbranched alkanes of at least 4 members (excludes halogenated alkanes) is 14. The van der Waals surface area contributed by atoms with Gasteiger partial charge in [0.25, 0.3) is 0 Å². The summed E-state index contributed by atoms with van der Waals surface area (Å²) >= 11 is 0. The van der Waals surface area contributed by atoms with E-state index < -0.39 is 0 Å². The van der Waals surface area contributed by atoms with Gasteiger partial charge in [-0.05, 0) is 59.3 Å². The third-order valence-corrected chi connectivity index (χ3v) is 6.65. The fourth-order valence-electron chi connectivity index (χ4n) is 4.80. The molecule has 0 rings (SSSR count). The second-order valence-electron chi connectivity index (χ2n) is 10.6. The van der Waals surface area contributed by atoms with Crippen LogP contribution in [0.15, 0.2) is 0 Å². The first-order valence-corrected chi connectivity index (χ1v) is 14.8. The molecule has 2 atom stereocenters. The Morgan fingerprint density at radius 3 is 1.09 bits per heavy atom. The van der Waals surface area contributed by atoms with Crippen LogP contribution in [-0.4, -0.2) is 71.5 Å². The SMILES string of the molecule is CCCCCCCCCCN(CCCCCCCCCC)CCCN(CC(C)O)CC(C)O. The number of nitrogens with zero attached hydrogens (tertiary/aromatic N) is 2. The highest BCUT2D eigenvalue weighted by Crippen LogP contribution is 2.12. The Morgan fingerprint density at radius 1 is 0.424 bits per heavy atom. The Morgan fingerprint density at radius 2 is 0.727 bits per heavy atom. The van der Waals surface area contributed by atoms with Crippen molar-refractivity contribution >= 4 is 0 Å². The van der Waals surface area contributed by atoms with Crippen LogP contribution < -0.4 is 0 Å². The van der Waals surface area contributed by atoms with E-state index in [2.05, 4.69) is 23.6 Å². The summed E-state index contributed by atoms with van der Waals surface area (Å²) in [6.45, 7) is 14.1. The lowest BCUT2D eigenvalue weighted by Gasteiger charge is -2.27. The fourth-order valence-corrected chi connectivity index (χ4v) is 4.80. The second kappa shape index (κ2) is 24.9. The summed E-state index contributed by atoms with van der Waals surface area (Å²) in [5.74, 6) is 0. The largest absolute Gasteiger partial charge is 0.392 e. The molecule has 0 aliphatic rings. The molecule has 0 aromatic rings. The van der Waals surface area contributed by atoms with E-state index in [1.807, 2.05) is 13.8 Å². The maximum Gasteiger partial charge on any atom is 0.0639 e. The lowest BCUT2D eigenvalue weighted by atomic mass is 10.1. The van der Waals surface area contributed by atoms with E-state index in [1.54, 1.807) is 0 Å². The van der Waals surface area contributed by atoms with Gasteiger partial charge in [0.05, 0.1) is 12.2 Å². The van der Waals surface area contributed by atoms with Crippen LogP contribution in [0.5, 0.6) is 0 Å². The molecule has 0 spiro atoms. The van der Waals surface area contributed by atoms with E-state index in [0.717, 1.165) is 19.5 Å². The van der Waals surface area contributed by atoms with Crippen LogP contribution in [0.4, 0.5) is 0 Å². The molecule has 0 aliphatic carbocycles. The predicted molar refractivity (Wildman–Crippen MR) is 146 cm³/mol. The Kier molecular flexibility index (Phi) is 24.8. The Balaban J connectivity index is 4.23. The van der Waals surface area contributed by atoms with Gasteiger partial charge in [0.2, 0.25) is 0 Å². The van der Waals surface area contributed by atoms with Crippen molar-refractivity contribution in [3.05, 3.63) is 0 Å². The molecule has 0 aliphatic heterocycles. The third-order valence-electron chi connectivity index (χ3n) is 6.65. The number of aliphatic hydroxyl groups is 2. The van der Waals surface area contributed by atoms with Gasteiger partial charge in [-0.1, -0.05) is 104 Å². The molecule has 0 bridgehead atoms. The zero-order valence-corrected chi connectivity index (χ0v) is 23.2. The maximum atomic E-state index is 9.78. The average molecular weight is 471 g/mol. The summed E-state index contributed by atoms with van der Waals surface area (Å²) in [5, 5.41) is 19.6. The maximum absolute atomic E-state index is 9.78. The van der Waals surface area contributed by atoms with Crippen LogP contribution in [-0.2, 0) is 0 Å². The Labute approximate surface area is 208 Å². The summed E-state index contributed by atoms with van der Waals surface area (Å²) in [7, 11) is 0. The second-order valence-corrected chi connectivity index (χ2v) is 10.6. The summed E-state index contributed by atoms with van der Waals surface area (Å²) in [6.07, 6.45) is 22.6. The zero-order valence-electron chi connectivity index (χ0n) is 23.2. The van der Waals surface area contributed by atoms with E-state index in [0.29, 0.717) is 13.1 Å². The molecular formula is C29H62N2O2. The molecule has 0 radical (unpaired) electrons. The predicted octanol–water partition coefficient (Wildman–Crippen LogP) is 7.02. The lowest BCUT2D eigenvalue weighted by Crippen LogP contribution is -2.38. The van der Waals surface area contributed by atoms with E-state index in [1.165, 1.54) is 116 Å². The minimum atomic E-state index is -0.338. The molecule has 0 fully saturated rings. The average Bonchev–Trinajstić information content (AvgIpc) is 2.76. The van der Waals surface area contributed by atoms with Gasteiger partial charge >= 0.3 is 0 Å². The van der Waals surface area contributed by atoms with Crippen LogP contribution in [0.25, 0.3) is 0 Å². The topological polar surface area (TPSA) is 46.9 Å². The van der Waals surface area contributed by atoms with Crippen molar-refractivity contribution < 1.29 is 10.2 Å². The zero-order chi connectivity index (χ0) is 24.6. The molecule has 33 heavy (non-hydrogen) atoms. The van der Waals surface area contributed by atoms with Gasteiger partial charge in [0.1, 0.15) is 0 Å². The minimum absolute atomic E-state index is 0.338. The molecule has 0 saturated heterocycles. The quantitative estimate of drug-likeness (QED) is 0.133. The third kappa shape index (κ3) is 24.8. The van der Waals surface area contributed by atoms with Gasteiger partial charge in [-0.15, -0.1) is 0 Å². The standard InChI is InChI=1S/C29H62N2O2/c1-5-7-9-11-13-15-17-19-22-30(23-20-18-16-14-12-10-8-6-2)24-21-25-31(26-28(3)32)27-29(4)33/h28-29,32-33H,5-27H2,1-4H3. The Hall–Kier alpha value is -0.160. The molecule has 4 nitrogen and oxygen atoms in total. The summed E-state index contributed by atoms with van der Waals surface area (Å²) < 4.78 is 0. The highest BCUT2D eigenvalue weighted by molar-refractivity contribution is 4.67. The molecule has 0 amide bonds. The molecule has 2 unspecified atom stereocenters. The monoisotopic (exact) mass is 470 g/mol. The molecule has 4 heteroatoms. The number of aliphatic hydroxyl groups excluding tert-OH is 2. The first-order chi connectivity index (χ1) is 16.0. The van der Waals surface area contributed by atoms with Crippen molar-refractivity contribution in [1.82, 2.24) is 9.80 Å². The normalized spacial score (nSPS) is 13.8. The van der Waals surface area contributed by atoms with Crippen molar-refractivity contribution in [2.75, 3.05) is 39.3 Å². The van der Waals surface area contributed by atoms with Crippen LogP contribution in [0.3, 0.4) is 0 Å². The van der Waals surface area contributed by atoms with E-state index >= 15 is 0 Å². The highest BCUT2D eigenvalue weighted by Gasteiger charge is 2.12. The van der Waals surface area contributed by atoms with Gasteiger partial charge in [0, 0.05) is 13.1 Å². The minimum Gasteiger partial charge on any atom is -0.392 e. The van der Waals surface area contributed by atoms with Crippen LogP contribution >= 0.6 is 0 Å². The molecular weight excluding hydrogens is 408 g/mol. The van der Waals surface area contributed by atoms with Crippen molar-refractivity contribution in [3.8, 4) is 0 Å². The van der Waals surface area contributed by atoms with Crippen molar-refractivity contribution in [2.24, 2.45) is 0 Å². The van der Waals surface area contributed by atoms with Crippen LogP contribution in [0.1, 0.15) is 137 Å². The van der Waals surface area contributed by atoms with E-state index in [-0.39, 0.29) is 12.2 Å². The molecule has 2 N–H and O–H groups in total. The van der Waals surface area contributed by atoms with Gasteiger partial charge < -0.3 is 15.1 Å². The summed E-state index contributed by atoms with van der Waals surface area (Å²) in [5.41, 5.74) is 0.